The second-order valence-corrected chi connectivity index (χ2v) is 6.59. The first kappa shape index (κ1) is 12.8. The van der Waals surface area contributed by atoms with Gasteiger partial charge >= 0.3 is 0 Å². The molecule has 0 aliphatic heterocycles. The molecule has 1 aliphatic carbocycles. The van der Waals surface area contributed by atoms with Crippen LogP contribution in [0.2, 0.25) is 0 Å². The summed E-state index contributed by atoms with van der Waals surface area (Å²) >= 11 is 5.78. The lowest BCUT2D eigenvalue weighted by Crippen LogP contribution is -2.16. The molecule has 0 heterocycles. The number of halogens is 2. The van der Waals surface area contributed by atoms with Gasteiger partial charge in [0.25, 0.3) is 0 Å². The topological polar surface area (TPSA) is 20.2 Å². The molecule has 88 valence electrons. The highest BCUT2D eigenvalue weighted by Crippen LogP contribution is 2.36. The molecule has 0 spiro atoms. The van der Waals surface area contributed by atoms with Crippen molar-refractivity contribution in [3.8, 4) is 0 Å². The van der Waals surface area contributed by atoms with Crippen molar-refractivity contribution < 1.29 is 5.11 Å². The number of hydrogen-bond acceptors (Lipinski definition) is 1. The van der Waals surface area contributed by atoms with Crippen molar-refractivity contribution in [1.29, 1.82) is 0 Å². The molecule has 3 heteroatoms. The summed E-state index contributed by atoms with van der Waals surface area (Å²) in [6, 6.07) is 6.14. The highest BCUT2D eigenvalue weighted by molar-refractivity contribution is 14.1. The largest absolute Gasteiger partial charge is 0.388 e. The van der Waals surface area contributed by atoms with E-state index in [-0.39, 0.29) is 6.10 Å². The van der Waals surface area contributed by atoms with Crippen molar-refractivity contribution in [3.63, 3.8) is 0 Å². The normalized spacial score (nSPS) is 19.7. The van der Waals surface area contributed by atoms with E-state index >= 15 is 0 Å². The maximum Gasteiger partial charge on any atom is 0.0828 e. The lowest BCUT2D eigenvalue weighted by molar-refractivity contribution is 0.0841. The van der Waals surface area contributed by atoms with Crippen LogP contribution in [-0.2, 0) is 0 Å². The van der Waals surface area contributed by atoms with Gasteiger partial charge in [-0.2, -0.15) is 0 Å². The van der Waals surface area contributed by atoms with Crippen molar-refractivity contribution in [1.82, 2.24) is 0 Å². The van der Waals surface area contributed by atoms with Crippen molar-refractivity contribution in [2.75, 3.05) is 0 Å². The minimum Gasteiger partial charge on any atom is -0.388 e. The van der Waals surface area contributed by atoms with Crippen LogP contribution in [0, 0.1) is 9.49 Å². The predicted octanol–water partition coefficient (Wildman–Crippen LogP) is 4.67. The summed E-state index contributed by atoms with van der Waals surface area (Å²) in [5, 5.41) is 10.4. The summed E-state index contributed by atoms with van der Waals surface area (Å²) in [5.41, 5.74) is 1.09. The smallest absolute Gasteiger partial charge is 0.0828 e. The Hall–Kier alpha value is 0.390. The fraction of sp³-hybridized carbons (Fsp3) is 0.538. The number of benzene rings is 1. The van der Waals surface area contributed by atoms with Crippen molar-refractivity contribution in [3.05, 3.63) is 31.8 Å². The number of rotatable bonds is 2. The van der Waals surface area contributed by atoms with E-state index in [0.717, 1.165) is 10.0 Å². The van der Waals surface area contributed by atoms with Gasteiger partial charge in [0.1, 0.15) is 0 Å². The maximum absolute atomic E-state index is 10.4. The van der Waals surface area contributed by atoms with Crippen LogP contribution >= 0.6 is 38.5 Å². The zero-order valence-corrected chi connectivity index (χ0v) is 12.9. The molecule has 0 radical (unpaired) electrons. The van der Waals surface area contributed by atoms with Crippen LogP contribution < -0.4 is 0 Å². The molecule has 1 unspecified atom stereocenters. The van der Waals surface area contributed by atoms with Gasteiger partial charge in [-0.25, -0.2) is 0 Å². The molecule has 16 heavy (non-hydrogen) atoms. The van der Waals surface area contributed by atoms with Crippen LogP contribution in [0.5, 0.6) is 0 Å². The van der Waals surface area contributed by atoms with Crippen LogP contribution in [0.4, 0.5) is 0 Å². The minimum absolute atomic E-state index is 0.287. The van der Waals surface area contributed by atoms with E-state index in [1.54, 1.807) is 0 Å². The second kappa shape index (κ2) is 5.83. The number of hydrogen-bond donors (Lipinski definition) is 1. The van der Waals surface area contributed by atoms with Gasteiger partial charge in [-0.1, -0.05) is 35.2 Å². The van der Waals surface area contributed by atoms with E-state index in [1.807, 2.05) is 6.07 Å². The van der Waals surface area contributed by atoms with Crippen LogP contribution in [-0.4, -0.2) is 5.11 Å². The van der Waals surface area contributed by atoms with E-state index in [2.05, 4.69) is 50.7 Å². The molecule has 0 bridgehead atoms. The Balaban J connectivity index is 2.18. The molecule has 1 saturated carbocycles. The molecule has 1 N–H and O–H groups in total. The van der Waals surface area contributed by atoms with E-state index in [0.29, 0.717) is 5.92 Å². The molecule has 1 aromatic rings. The van der Waals surface area contributed by atoms with Crippen molar-refractivity contribution in [2.45, 2.75) is 38.2 Å². The Morgan fingerprint density at radius 3 is 2.62 bits per heavy atom. The SMILES string of the molecule is OC(c1cc(Br)ccc1I)C1CCCCC1. The highest BCUT2D eigenvalue weighted by Gasteiger charge is 2.24. The van der Waals surface area contributed by atoms with Gasteiger partial charge in [-0.3, -0.25) is 0 Å². The molecule has 2 rings (SSSR count). The standard InChI is InChI=1S/C13H16BrIO/c14-10-6-7-12(15)11(8-10)13(16)9-4-2-1-3-5-9/h6-9,13,16H,1-5H2. The van der Waals surface area contributed by atoms with Crippen molar-refractivity contribution in [2.24, 2.45) is 5.92 Å². The predicted molar refractivity (Wildman–Crippen MR) is 78.4 cm³/mol. The molecule has 1 nitrogen and oxygen atoms in total. The Morgan fingerprint density at radius 1 is 1.25 bits per heavy atom. The zero-order valence-electron chi connectivity index (χ0n) is 9.13. The van der Waals surface area contributed by atoms with Crippen LogP contribution in [0.3, 0.4) is 0 Å². The Morgan fingerprint density at radius 2 is 1.94 bits per heavy atom. The number of aliphatic hydroxyl groups excluding tert-OH is 1. The van der Waals surface area contributed by atoms with Gasteiger partial charge in [0, 0.05) is 8.04 Å². The van der Waals surface area contributed by atoms with E-state index in [9.17, 15) is 5.11 Å². The van der Waals surface area contributed by atoms with Gasteiger partial charge in [0.2, 0.25) is 0 Å². The summed E-state index contributed by atoms with van der Waals surface area (Å²) in [6.07, 6.45) is 5.93. The summed E-state index contributed by atoms with van der Waals surface area (Å²) in [7, 11) is 0. The fourth-order valence-corrected chi connectivity index (χ4v) is 3.48. The lowest BCUT2D eigenvalue weighted by atomic mass is 9.83. The average molecular weight is 395 g/mol. The monoisotopic (exact) mass is 394 g/mol. The molecular formula is C13H16BrIO. The first-order valence-corrected chi connectivity index (χ1v) is 7.68. The third kappa shape index (κ3) is 2.99. The quantitative estimate of drug-likeness (QED) is 0.722. The molecule has 0 aromatic heterocycles. The molecule has 1 atom stereocenters. The van der Waals surface area contributed by atoms with Crippen molar-refractivity contribution >= 4 is 38.5 Å². The molecular weight excluding hydrogens is 379 g/mol. The third-order valence-corrected chi connectivity index (χ3v) is 4.85. The zero-order chi connectivity index (χ0) is 11.5. The Labute approximate surface area is 119 Å². The van der Waals surface area contributed by atoms with Gasteiger partial charge in [0.05, 0.1) is 6.10 Å². The van der Waals surface area contributed by atoms with Crippen LogP contribution in [0.1, 0.15) is 43.8 Å². The number of aliphatic hydroxyl groups is 1. The first-order valence-electron chi connectivity index (χ1n) is 5.81. The van der Waals surface area contributed by atoms with Gasteiger partial charge < -0.3 is 5.11 Å². The second-order valence-electron chi connectivity index (χ2n) is 4.51. The van der Waals surface area contributed by atoms with Gasteiger partial charge in [0.15, 0.2) is 0 Å². The summed E-state index contributed by atoms with van der Waals surface area (Å²) in [6.45, 7) is 0. The van der Waals surface area contributed by atoms with E-state index in [1.165, 1.54) is 35.7 Å². The summed E-state index contributed by atoms with van der Waals surface area (Å²) in [4.78, 5) is 0. The van der Waals surface area contributed by atoms with Crippen LogP contribution in [0.25, 0.3) is 0 Å². The third-order valence-electron chi connectivity index (χ3n) is 3.37. The lowest BCUT2D eigenvalue weighted by Gasteiger charge is -2.27. The Bertz CT molecular complexity index is 361. The highest BCUT2D eigenvalue weighted by atomic mass is 127. The molecule has 1 aromatic carbocycles. The van der Waals surface area contributed by atoms with Gasteiger partial charge in [-0.15, -0.1) is 0 Å². The van der Waals surface area contributed by atoms with Gasteiger partial charge in [-0.05, 0) is 65.1 Å². The minimum atomic E-state index is -0.287. The van der Waals surface area contributed by atoms with Crippen LogP contribution in [0.15, 0.2) is 22.7 Å². The fourth-order valence-electron chi connectivity index (χ4n) is 2.45. The molecule has 1 fully saturated rings. The first-order chi connectivity index (χ1) is 7.68. The van der Waals surface area contributed by atoms with E-state index < -0.39 is 0 Å². The molecule has 0 saturated heterocycles. The summed E-state index contributed by atoms with van der Waals surface area (Å²) in [5.74, 6) is 0.455. The maximum atomic E-state index is 10.4. The molecule has 1 aliphatic rings. The summed E-state index contributed by atoms with van der Waals surface area (Å²) < 4.78 is 2.22. The van der Waals surface area contributed by atoms with E-state index in [4.69, 9.17) is 0 Å². The Kier molecular flexibility index (Phi) is 4.67. The molecule has 0 amide bonds. The average Bonchev–Trinajstić information content (AvgIpc) is 2.32.